The summed E-state index contributed by atoms with van der Waals surface area (Å²) in [6.07, 6.45) is 0.922. The van der Waals surface area contributed by atoms with Crippen LogP contribution in [0.5, 0.6) is 11.5 Å². The van der Waals surface area contributed by atoms with Gasteiger partial charge in [-0.2, -0.15) is 0 Å². The number of nitrogen functional groups attached to an aromatic ring is 1. The number of hydrogen-bond donors (Lipinski definition) is 1. The average molecular weight is 367 g/mol. The molecule has 0 saturated heterocycles. The summed E-state index contributed by atoms with van der Waals surface area (Å²) in [6.45, 7) is 2.04. The van der Waals surface area contributed by atoms with Crippen molar-refractivity contribution in [2.24, 2.45) is 0 Å². The van der Waals surface area contributed by atoms with Crippen molar-refractivity contribution in [2.75, 3.05) is 26.1 Å². The molecule has 0 unspecified atom stereocenters. The van der Waals surface area contributed by atoms with Gasteiger partial charge in [-0.1, -0.05) is 0 Å². The third-order valence-electron chi connectivity index (χ3n) is 4.90. The molecule has 132 valence electrons. The molecule has 26 heavy (non-hydrogen) atoms. The van der Waals surface area contributed by atoms with Gasteiger partial charge >= 0.3 is 0 Å². The minimum Gasteiger partial charge on any atom is -0.454 e. The van der Waals surface area contributed by atoms with Crippen LogP contribution in [0.4, 0.5) is 5.69 Å². The molecule has 7 heteroatoms. The summed E-state index contributed by atoms with van der Waals surface area (Å²) >= 11 is 1.36. The lowest BCUT2D eigenvalue weighted by atomic mass is 10.0. The number of thiophene rings is 1. The summed E-state index contributed by atoms with van der Waals surface area (Å²) in [5.41, 5.74) is 9.69. The van der Waals surface area contributed by atoms with E-state index in [0.717, 1.165) is 35.4 Å². The third kappa shape index (κ3) is 2.35. The Morgan fingerprint density at radius 3 is 3.00 bits per heavy atom. The van der Waals surface area contributed by atoms with Crippen molar-refractivity contribution in [1.82, 2.24) is 9.88 Å². The molecule has 2 aliphatic heterocycles. The van der Waals surface area contributed by atoms with E-state index in [0.29, 0.717) is 27.6 Å². The first-order valence-corrected chi connectivity index (χ1v) is 9.25. The fourth-order valence-electron chi connectivity index (χ4n) is 3.48. The quantitative estimate of drug-likeness (QED) is 0.702. The van der Waals surface area contributed by atoms with Gasteiger partial charge in [-0.25, -0.2) is 4.98 Å². The Bertz CT molecular complexity index is 1060. The number of fused-ring (bicyclic) bond motifs is 3. The van der Waals surface area contributed by atoms with Crippen molar-refractivity contribution < 1.29 is 14.3 Å². The Labute approximate surface area is 154 Å². The van der Waals surface area contributed by atoms with Gasteiger partial charge in [-0.15, -0.1) is 11.3 Å². The van der Waals surface area contributed by atoms with Crippen molar-refractivity contribution in [3.8, 4) is 11.5 Å². The van der Waals surface area contributed by atoms with Crippen molar-refractivity contribution in [3.05, 3.63) is 46.0 Å². The van der Waals surface area contributed by atoms with E-state index < -0.39 is 0 Å². The normalized spacial score (nSPS) is 16.0. The Balaban J connectivity index is 1.58. The summed E-state index contributed by atoms with van der Waals surface area (Å²) in [5, 5.41) is 0.869. The van der Waals surface area contributed by atoms with Gasteiger partial charge in [-0.05, 0) is 36.9 Å². The molecule has 2 aromatic heterocycles. The molecule has 2 N–H and O–H groups in total. The summed E-state index contributed by atoms with van der Waals surface area (Å²) in [7, 11) is 2.10. The summed E-state index contributed by atoms with van der Waals surface area (Å²) in [6, 6.07) is 7.30. The second-order valence-electron chi connectivity index (χ2n) is 6.68. The lowest BCUT2D eigenvalue weighted by Gasteiger charge is -2.24. The molecule has 0 amide bonds. The predicted octanol–water partition coefficient (Wildman–Crippen LogP) is 2.83. The van der Waals surface area contributed by atoms with E-state index in [1.807, 2.05) is 0 Å². The van der Waals surface area contributed by atoms with Crippen LogP contribution in [0.2, 0.25) is 0 Å². The number of ketones is 1. The van der Waals surface area contributed by atoms with Crippen LogP contribution in [0, 0.1) is 0 Å². The fourth-order valence-corrected chi connectivity index (χ4v) is 4.53. The van der Waals surface area contributed by atoms with E-state index in [9.17, 15) is 4.79 Å². The van der Waals surface area contributed by atoms with Gasteiger partial charge in [-0.3, -0.25) is 4.79 Å². The first kappa shape index (κ1) is 15.6. The maximum atomic E-state index is 13.0. The smallest absolute Gasteiger partial charge is 0.231 e. The predicted molar refractivity (Wildman–Crippen MR) is 100 cm³/mol. The molecule has 5 rings (SSSR count). The highest BCUT2D eigenvalue weighted by molar-refractivity contribution is 7.21. The number of nitrogens with zero attached hydrogens (tertiary/aromatic N) is 2. The topological polar surface area (TPSA) is 77.7 Å². The summed E-state index contributed by atoms with van der Waals surface area (Å²) in [5.74, 6) is 1.13. The number of anilines is 1. The van der Waals surface area contributed by atoms with Gasteiger partial charge in [0.2, 0.25) is 12.6 Å². The van der Waals surface area contributed by atoms with Gasteiger partial charge in [0.15, 0.2) is 11.5 Å². The maximum absolute atomic E-state index is 13.0. The minimum atomic E-state index is -0.112. The van der Waals surface area contributed by atoms with Gasteiger partial charge < -0.3 is 20.1 Å². The molecule has 0 spiro atoms. The third-order valence-corrected chi connectivity index (χ3v) is 6.02. The number of rotatable bonds is 2. The van der Waals surface area contributed by atoms with Crippen molar-refractivity contribution in [1.29, 1.82) is 0 Å². The number of benzene rings is 1. The highest BCUT2D eigenvalue weighted by atomic mass is 32.1. The van der Waals surface area contributed by atoms with E-state index in [-0.39, 0.29) is 12.6 Å². The molecule has 0 fully saturated rings. The van der Waals surface area contributed by atoms with E-state index >= 15 is 0 Å². The van der Waals surface area contributed by atoms with E-state index in [2.05, 4.69) is 18.0 Å². The zero-order chi connectivity index (χ0) is 17.8. The number of ether oxygens (including phenoxy) is 2. The number of aromatic nitrogens is 1. The molecular formula is C19H17N3O3S. The number of nitrogens with two attached hydrogens (primary N) is 1. The summed E-state index contributed by atoms with van der Waals surface area (Å²) < 4.78 is 10.7. The van der Waals surface area contributed by atoms with Crippen LogP contribution >= 0.6 is 11.3 Å². The largest absolute Gasteiger partial charge is 0.454 e. The van der Waals surface area contributed by atoms with Gasteiger partial charge in [0.1, 0.15) is 9.71 Å². The lowest BCUT2D eigenvalue weighted by molar-refractivity contribution is 0.104. The van der Waals surface area contributed by atoms with Crippen molar-refractivity contribution in [2.45, 2.75) is 13.0 Å². The molecule has 2 aliphatic rings. The molecule has 0 saturated carbocycles. The number of likely N-dealkylation sites (N-methyl/N-ethyl adjacent to an activating group) is 1. The molecular weight excluding hydrogens is 350 g/mol. The standard InChI is InChI=1S/C19H17N3O3S/c1-22-5-4-13-11(8-22)6-12-16(20)18(26-19(12)21-13)17(23)10-2-3-14-15(7-10)25-9-24-14/h2-3,6-7H,4-5,8-9,20H2,1H3. The zero-order valence-corrected chi connectivity index (χ0v) is 15.1. The number of pyridine rings is 1. The molecule has 6 nitrogen and oxygen atoms in total. The van der Waals surface area contributed by atoms with Crippen LogP contribution in [0.1, 0.15) is 26.5 Å². The van der Waals surface area contributed by atoms with Crippen molar-refractivity contribution in [3.63, 3.8) is 0 Å². The minimum absolute atomic E-state index is 0.112. The van der Waals surface area contributed by atoms with Crippen LogP contribution in [0.3, 0.4) is 0 Å². The average Bonchev–Trinajstić information content (AvgIpc) is 3.23. The molecule has 0 aliphatic carbocycles. The van der Waals surface area contributed by atoms with Crippen LogP contribution in [0.15, 0.2) is 24.3 Å². The number of carbonyl (C=O) groups is 1. The first-order chi connectivity index (χ1) is 12.6. The van der Waals surface area contributed by atoms with Crippen LogP contribution < -0.4 is 15.2 Å². The van der Waals surface area contributed by atoms with Gasteiger partial charge in [0, 0.05) is 36.2 Å². The van der Waals surface area contributed by atoms with Gasteiger partial charge in [0.25, 0.3) is 0 Å². The van der Waals surface area contributed by atoms with E-state index in [4.69, 9.17) is 20.2 Å². The Kier molecular flexibility index (Phi) is 3.41. The highest BCUT2D eigenvalue weighted by Gasteiger charge is 2.24. The molecule has 3 aromatic rings. The Hall–Kier alpha value is -2.64. The second-order valence-corrected chi connectivity index (χ2v) is 7.68. The molecule has 4 heterocycles. The van der Waals surface area contributed by atoms with Crippen LogP contribution in [-0.2, 0) is 13.0 Å². The van der Waals surface area contributed by atoms with Crippen molar-refractivity contribution >= 4 is 33.0 Å². The van der Waals surface area contributed by atoms with Crippen LogP contribution in [-0.4, -0.2) is 36.1 Å². The monoisotopic (exact) mass is 367 g/mol. The van der Waals surface area contributed by atoms with E-state index in [1.165, 1.54) is 16.9 Å². The second kappa shape index (κ2) is 5.69. The first-order valence-electron chi connectivity index (χ1n) is 8.44. The molecule has 1 aromatic carbocycles. The number of hydrogen-bond acceptors (Lipinski definition) is 7. The molecule has 0 atom stereocenters. The molecule has 0 bridgehead atoms. The highest BCUT2D eigenvalue weighted by Crippen LogP contribution is 2.38. The summed E-state index contributed by atoms with van der Waals surface area (Å²) in [4.78, 5) is 21.4. The van der Waals surface area contributed by atoms with Crippen LogP contribution in [0.25, 0.3) is 10.2 Å². The SMILES string of the molecule is CN1CCc2nc3sc(C(=O)c4ccc5c(c4)OCO5)c(N)c3cc2C1. The molecule has 0 radical (unpaired) electrons. The van der Waals surface area contributed by atoms with E-state index in [1.54, 1.807) is 18.2 Å². The Morgan fingerprint density at radius 2 is 2.12 bits per heavy atom. The van der Waals surface area contributed by atoms with Gasteiger partial charge in [0.05, 0.1) is 5.69 Å². The Morgan fingerprint density at radius 1 is 1.27 bits per heavy atom. The zero-order valence-electron chi connectivity index (χ0n) is 14.2. The fraction of sp³-hybridized carbons (Fsp3) is 0.263. The maximum Gasteiger partial charge on any atom is 0.231 e. The lowest BCUT2D eigenvalue weighted by Crippen LogP contribution is -2.27. The number of carbonyl (C=O) groups excluding carboxylic acids is 1.